The number of rotatable bonds is 3. The Morgan fingerprint density at radius 1 is 2.00 bits per heavy atom. The van der Waals surface area contributed by atoms with Crippen LogP contribution >= 0.6 is 0 Å². The van der Waals surface area contributed by atoms with Gasteiger partial charge in [-0.3, -0.25) is 0 Å². The summed E-state index contributed by atoms with van der Waals surface area (Å²) in [7, 11) is 0. The summed E-state index contributed by atoms with van der Waals surface area (Å²) in [6.07, 6.45) is -0.741. The fourth-order valence-corrected chi connectivity index (χ4v) is 0.268. The van der Waals surface area contributed by atoms with Gasteiger partial charge in [0.25, 0.3) is 0 Å². The molecule has 0 spiro atoms. The molecule has 1 N–H and O–H groups in total. The molecule has 3 nitrogen and oxygen atoms in total. The fourth-order valence-electron chi connectivity index (χ4n) is 0.268. The van der Waals surface area contributed by atoms with E-state index in [2.05, 4.69) is 11.5 Å². The van der Waals surface area contributed by atoms with Crippen molar-refractivity contribution in [2.24, 2.45) is 0 Å². The zero-order chi connectivity index (χ0) is 6.57. The topological polar surface area (TPSA) is 49.4 Å². The molecule has 0 bridgehead atoms. The van der Waals surface area contributed by atoms with E-state index in [-0.39, 0.29) is 6.61 Å². The molecule has 8 heavy (non-hydrogen) atoms. The third-order valence-electron chi connectivity index (χ3n) is 0.832. The summed E-state index contributed by atoms with van der Waals surface area (Å²) in [6.45, 7) is 4.74. The quantitative estimate of drug-likeness (QED) is 0.328. The maximum absolute atomic E-state index is 9.58. The molecule has 0 saturated carbocycles. The largest absolute Gasteiger partial charge is 0.393 e. The Bertz CT molecular complexity index is 75.7. The summed E-state index contributed by atoms with van der Waals surface area (Å²) in [5.41, 5.74) is 0.544. The molecule has 0 amide bonds. The first kappa shape index (κ1) is 7.62. The van der Waals surface area contributed by atoms with Crippen molar-refractivity contribution in [3.63, 3.8) is 0 Å². The van der Waals surface area contributed by atoms with Crippen molar-refractivity contribution in [1.29, 1.82) is 0 Å². The second-order valence-corrected chi connectivity index (χ2v) is 1.61. The summed E-state index contributed by atoms with van der Waals surface area (Å²) in [5, 5.41) is 17.9. The zero-order valence-electron chi connectivity index (χ0n) is 4.76. The van der Waals surface area contributed by atoms with Crippen LogP contribution in [0, 0.1) is 0 Å². The van der Waals surface area contributed by atoms with Crippen LogP contribution in [0.1, 0.15) is 6.92 Å². The zero-order valence-corrected chi connectivity index (χ0v) is 4.76. The SMILES string of the molecule is C=C(C)C(CO)O[O]. The minimum absolute atomic E-state index is 0.293. The van der Waals surface area contributed by atoms with Crippen molar-refractivity contribution in [2.75, 3.05) is 6.61 Å². The van der Waals surface area contributed by atoms with Crippen LogP contribution in [0.3, 0.4) is 0 Å². The Labute approximate surface area is 48.1 Å². The van der Waals surface area contributed by atoms with Crippen molar-refractivity contribution in [3.8, 4) is 0 Å². The van der Waals surface area contributed by atoms with Crippen LogP contribution in [0.15, 0.2) is 12.2 Å². The Morgan fingerprint density at radius 3 is 2.50 bits per heavy atom. The van der Waals surface area contributed by atoms with Crippen LogP contribution in [0.5, 0.6) is 0 Å². The first-order valence-corrected chi connectivity index (χ1v) is 2.27. The fraction of sp³-hybridized carbons (Fsp3) is 0.600. The van der Waals surface area contributed by atoms with Gasteiger partial charge in [-0.1, -0.05) is 6.58 Å². The lowest BCUT2D eigenvalue weighted by Crippen LogP contribution is -2.15. The lowest BCUT2D eigenvalue weighted by atomic mass is 10.2. The summed E-state index contributed by atoms with van der Waals surface area (Å²) >= 11 is 0. The van der Waals surface area contributed by atoms with E-state index < -0.39 is 6.10 Å². The van der Waals surface area contributed by atoms with E-state index in [1.165, 1.54) is 0 Å². The molecular weight excluding hydrogens is 108 g/mol. The van der Waals surface area contributed by atoms with Gasteiger partial charge in [0.1, 0.15) is 6.10 Å². The molecule has 1 atom stereocenters. The Hall–Kier alpha value is -0.380. The molecule has 1 radical (unpaired) electrons. The molecule has 0 heterocycles. The molecule has 0 rings (SSSR count). The highest BCUT2D eigenvalue weighted by molar-refractivity contribution is 4.96. The van der Waals surface area contributed by atoms with Crippen molar-refractivity contribution >= 4 is 0 Å². The second-order valence-electron chi connectivity index (χ2n) is 1.61. The van der Waals surface area contributed by atoms with E-state index in [4.69, 9.17) is 5.11 Å². The van der Waals surface area contributed by atoms with Crippen LogP contribution < -0.4 is 0 Å². The maximum atomic E-state index is 9.58. The number of aliphatic hydroxyl groups is 1. The molecule has 3 heteroatoms. The summed E-state index contributed by atoms with van der Waals surface area (Å²) in [6, 6.07) is 0. The standard InChI is InChI=1S/C5H9O3/c1-4(2)5(3-6)8-7/h5-6H,1,3H2,2H3. The number of aliphatic hydroxyl groups excluding tert-OH is 1. The monoisotopic (exact) mass is 117 g/mol. The predicted octanol–water partition coefficient (Wildman–Crippen LogP) is 0.285. The lowest BCUT2D eigenvalue weighted by molar-refractivity contribution is -0.330. The summed E-state index contributed by atoms with van der Waals surface area (Å²) < 4.78 is 0. The van der Waals surface area contributed by atoms with E-state index in [9.17, 15) is 5.26 Å². The molecule has 0 saturated heterocycles. The van der Waals surface area contributed by atoms with Crippen molar-refractivity contribution < 1.29 is 15.3 Å². The third-order valence-corrected chi connectivity index (χ3v) is 0.832. The normalized spacial score (nSPS) is 13.4. The van der Waals surface area contributed by atoms with Crippen molar-refractivity contribution in [1.82, 2.24) is 0 Å². The second kappa shape index (κ2) is 3.60. The van der Waals surface area contributed by atoms with E-state index >= 15 is 0 Å². The van der Waals surface area contributed by atoms with Crippen LogP contribution in [0.25, 0.3) is 0 Å². The van der Waals surface area contributed by atoms with Crippen molar-refractivity contribution in [2.45, 2.75) is 13.0 Å². The van der Waals surface area contributed by atoms with Crippen molar-refractivity contribution in [3.05, 3.63) is 12.2 Å². The summed E-state index contributed by atoms with van der Waals surface area (Å²) in [5.74, 6) is 0. The van der Waals surface area contributed by atoms with E-state index in [1.54, 1.807) is 6.92 Å². The van der Waals surface area contributed by atoms with Gasteiger partial charge in [0.2, 0.25) is 0 Å². The first-order valence-electron chi connectivity index (χ1n) is 2.27. The molecule has 0 aliphatic rings. The van der Waals surface area contributed by atoms with Gasteiger partial charge >= 0.3 is 0 Å². The average Bonchev–Trinajstić information content (AvgIpc) is 1.69. The van der Waals surface area contributed by atoms with E-state index in [0.717, 1.165) is 0 Å². The van der Waals surface area contributed by atoms with Crippen LogP contribution in [0.2, 0.25) is 0 Å². The Kier molecular flexibility index (Phi) is 3.43. The molecule has 0 aromatic heterocycles. The molecule has 0 aliphatic carbocycles. The third kappa shape index (κ3) is 2.07. The van der Waals surface area contributed by atoms with Gasteiger partial charge in [0.05, 0.1) is 6.61 Å². The highest BCUT2D eigenvalue weighted by atomic mass is 17.1. The first-order chi connectivity index (χ1) is 3.72. The highest BCUT2D eigenvalue weighted by Crippen LogP contribution is 1.99. The lowest BCUT2D eigenvalue weighted by Gasteiger charge is -2.05. The molecule has 0 fully saturated rings. The Morgan fingerprint density at radius 2 is 2.50 bits per heavy atom. The van der Waals surface area contributed by atoms with Gasteiger partial charge in [0.15, 0.2) is 0 Å². The van der Waals surface area contributed by atoms with Gasteiger partial charge in [-0.05, 0) is 17.8 Å². The van der Waals surface area contributed by atoms with Gasteiger partial charge in [-0.15, -0.1) is 0 Å². The predicted molar refractivity (Wildman–Crippen MR) is 27.5 cm³/mol. The van der Waals surface area contributed by atoms with Gasteiger partial charge in [0, 0.05) is 0 Å². The average molecular weight is 117 g/mol. The minimum atomic E-state index is -0.741. The smallest absolute Gasteiger partial charge is 0.140 e. The molecule has 0 aromatic rings. The van der Waals surface area contributed by atoms with Gasteiger partial charge in [-0.2, -0.15) is 4.89 Å². The maximum Gasteiger partial charge on any atom is 0.140 e. The molecule has 0 aromatic carbocycles. The van der Waals surface area contributed by atoms with E-state index in [1.807, 2.05) is 0 Å². The van der Waals surface area contributed by atoms with Gasteiger partial charge in [-0.25, -0.2) is 0 Å². The molecule has 1 unspecified atom stereocenters. The van der Waals surface area contributed by atoms with E-state index in [0.29, 0.717) is 5.57 Å². The minimum Gasteiger partial charge on any atom is -0.393 e. The summed E-state index contributed by atoms with van der Waals surface area (Å²) in [4.78, 5) is 3.56. The number of hydrogen-bond donors (Lipinski definition) is 1. The molecule has 0 aliphatic heterocycles. The Balaban J connectivity index is 3.52. The molecule has 47 valence electrons. The highest BCUT2D eigenvalue weighted by Gasteiger charge is 2.06. The van der Waals surface area contributed by atoms with Crippen LogP contribution in [0.4, 0.5) is 0 Å². The van der Waals surface area contributed by atoms with Crippen LogP contribution in [-0.2, 0) is 10.1 Å². The van der Waals surface area contributed by atoms with Gasteiger partial charge < -0.3 is 5.11 Å². The number of hydrogen-bond acceptors (Lipinski definition) is 2. The molecular formula is C5H9O3. The van der Waals surface area contributed by atoms with Crippen LogP contribution in [-0.4, -0.2) is 17.8 Å².